The van der Waals surface area contributed by atoms with Crippen molar-refractivity contribution in [2.24, 2.45) is 5.73 Å². The number of hydrogen-bond donors (Lipinski definition) is 3. The fourth-order valence-corrected chi connectivity index (χ4v) is 2.58. The lowest BCUT2D eigenvalue weighted by Gasteiger charge is -2.18. The summed E-state index contributed by atoms with van der Waals surface area (Å²) < 4.78 is 31.2. The zero-order valence-electron chi connectivity index (χ0n) is 14.4. The van der Waals surface area contributed by atoms with Gasteiger partial charge in [-0.25, -0.2) is 13.6 Å². The van der Waals surface area contributed by atoms with Gasteiger partial charge in [0.2, 0.25) is 0 Å². The zero-order chi connectivity index (χ0) is 20.7. The van der Waals surface area contributed by atoms with E-state index in [1.54, 1.807) is 24.3 Å². The van der Waals surface area contributed by atoms with E-state index in [0.29, 0.717) is 16.7 Å². The van der Waals surface area contributed by atoms with Crippen LogP contribution in [0.5, 0.6) is 0 Å². The Morgan fingerprint density at radius 1 is 1.14 bits per heavy atom. The number of halogens is 3. The molecule has 0 heterocycles. The first-order chi connectivity index (χ1) is 13.3. The lowest BCUT2D eigenvalue weighted by Crippen LogP contribution is -2.35. The van der Waals surface area contributed by atoms with Crippen molar-refractivity contribution in [3.63, 3.8) is 0 Å². The van der Waals surface area contributed by atoms with E-state index in [1.165, 1.54) is 0 Å². The highest BCUT2D eigenvalue weighted by Gasteiger charge is 2.21. The smallest absolute Gasteiger partial charge is 0.312 e. The predicted molar refractivity (Wildman–Crippen MR) is 97.5 cm³/mol. The third-order valence-corrected chi connectivity index (χ3v) is 3.88. The molecule has 0 aliphatic carbocycles. The van der Waals surface area contributed by atoms with Crippen molar-refractivity contribution in [3.8, 4) is 0 Å². The second kappa shape index (κ2) is 9.65. The quantitative estimate of drug-likeness (QED) is 0.608. The van der Waals surface area contributed by atoms with Gasteiger partial charge in [-0.15, -0.1) is 0 Å². The number of urea groups is 1. The van der Waals surface area contributed by atoms with Gasteiger partial charge in [0.1, 0.15) is 11.6 Å². The maximum Gasteiger partial charge on any atom is 0.312 e. The van der Waals surface area contributed by atoms with Crippen molar-refractivity contribution in [3.05, 3.63) is 64.7 Å². The normalized spacial score (nSPS) is 11.4. The van der Waals surface area contributed by atoms with Gasteiger partial charge in [-0.2, -0.15) is 0 Å². The van der Waals surface area contributed by atoms with E-state index >= 15 is 0 Å². The van der Waals surface area contributed by atoms with Crippen LogP contribution in [0.25, 0.3) is 0 Å². The van der Waals surface area contributed by atoms with Gasteiger partial charge in [0.25, 0.3) is 5.91 Å². The molecule has 0 fully saturated rings. The number of benzene rings is 2. The van der Waals surface area contributed by atoms with Crippen molar-refractivity contribution in [2.75, 3.05) is 11.9 Å². The topological polar surface area (TPSA) is 111 Å². The first kappa shape index (κ1) is 21.1. The molecule has 2 aromatic rings. The molecular weight excluding hydrogens is 396 g/mol. The number of esters is 1. The van der Waals surface area contributed by atoms with E-state index in [0.717, 1.165) is 12.1 Å². The van der Waals surface area contributed by atoms with Crippen LogP contribution in [0.4, 0.5) is 19.3 Å². The molecule has 0 saturated carbocycles. The fraction of sp³-hybridized carbons (Fsp3) is 0.167. The van der Waals surface area contributed by atoms with Gasteiger partial charge in [-0.05, 0) is 23.8 Å². The Hall–Kier alpha value is -3.20. The third kappa shape index (κ3) is 6.20. The Bertz CT molecular complexity index is 895. The van der Waals surface area contributed by atoms with Crippen molar-refractivity contribution < 1.29 is 27.9 Å². The summed E-state index contributed by atoms with van der Waals surface area (Å²) in [5, 5.41) is 4.83. The third-order valence-electron chi connectivity index (χ3n) is 3.54. The number of carbonyl (C=O) groups excluding carboxylic acids is 3. The molecule has 0 saturated heterocycles. The van der Waals surface area contributed by atoms with Gasteiger partial charge >= 0.3 is 12.0 Å². The predicted octanol–water partition coefficient (Wildman–Crippen LogP) is 2.90. The molecule has 0 radical (unpaired) electrons. The van der Waals surface area contributed by atoms with Gasteiger partial charge in [0, 0.05) is 11.1 Å². The number of rotatable bonds is 7. The van der Waals surface area contributed by atoms with Crippen LogP contribution in [0, 0.1) is 11.6 Å². The number of nitrogens with two attached hydrogens (primary N) is 1. The number of ether oxygens (including phenoxy) is 1. The molecule has 148 valence electrons. The summed E-state index contributed by atoms with van der Waals surface area (Å²) in [6.45, 7) is -0.707. The average molecular weight is 412 g/mol. The highest BCUT2D eigenvalue weighted by atomic mass is 35.5. The van der Waals surface area contributed by atoms with Crippen molar-refractivity contribution >= 4 is 35.2 Å². The number of nitrogens with one attached hydrogen (secondary N) is 2. The summed E-state index contributed by atoms with van der Waals surface area (Å²) in [6.07, 6.45) is -0.342. The molecule has 0 unspecified atom stereocenters. The van der Waals surface area contributed by atoms with Crippen LogP contribution < -0.4 is 16.4 Å². The Morgan fingerprint density at radius 2 is 1.86 bits per heavy atom. The molecular formula is C18H16ClF2N3O4. The molecule has 2 rings (SSSR count). The maximum atomic E-state index is 13.5. The van der Waals surface area contributed by atoms with Crippen LogP contribution in [0.3, 0.4) is 0 Å². The summed E-state index contributed by atoms with van der Waals surface area (Å²) in [7, 11) is 0. The summed E-state index contributed by atoms with van der Waals surface area (Å²) in [5.74, 6) is -3.41. The molecule has 0 aliphatic heterocycles. The number of primary amides is 1. The number of amides is 3. The van der Waals surface area contributed by atoms with Gasteiger partial charge in [0.15, 0.2) is 6.61 Å². The van der Waals surface area contributed by atoms with Crippen LogP contribution >= 0.6 is 11.6 Å². The molecule has 28 heavy (non-hydrogen) atoms. The van der Waals surface area contributed by atoms with E-state index < -0.39 is 42.2 Å². The van der Waals surface area contributed by atoms with Crippen molar-refractivity contribution in [1.82, 2.24) is 5.32 Å². The minimum Gasteiger partial charge on any atom is -0.455 e. The van der Waals surface area contributed by atoms with Crippen LogP contribution in [-0.2, 0) is 14.3 Å². The first-order valence-corrected chi connectivity index (χ1v) is 8.35. The molecule has 3 amide bonds. The lowest BCUT2D eigenvalue weighted by molar-refractivity contribution is -0.147. The van der Waals surface area contributed by atoms with Crippen molar-refractivity contribution in [2.45, 2.75) is 12.5 Å². The first-order valence-electron chi connectivity index (χ1n) is 7.97. The summed E-state index contributed by atoms with van der Waals surface area (Å²) >= 11 is 6.06. The van der Waals surface area contributed by atoms with Crippen LogP contribution in [0.1, 0.15) is 18.0 Å². The second-order valence-corrected chi connectivity index (χ2v) is 6.03. The van der Waals surface area contributed by atoms with Gasteiger partial charge < -0.3 is 21.1 Å². The Labute approximate surface area is 163 Å². The lowest BCUT2D eigenvalue weighted by atomic mass is 10.0. The molecule has 4 N–H and O–H groups in total. The molecule has 2 aromatic carbocycles. The average Bonchev–Trinajstić information content (AvgIpc) is 2.62. The van der Waals surface area contributed by atoms with Gasteiger partial charge in [0.05, 0.1) is 18.2 Å². The Balaban J connectivity index is 1.94. The largest absolute Gasteiger partial charge is 0.455 e. The van der Waals surface area contributed by atoms with Crippen LogP contribution in [0.2, 0.25) is 5.02 Å². The highest BCUT2D eigenvalue weighted by molar-refractivity contribution is 6.31. The van der Waals surface area contributed by atoms with E-state index in [1.807, 2.05) is 0 Å². The summed E-state index contributed by atoms with van der Waals surface area (Å²) in [5.41, 5.74) is 5.30. The minimum atomic E-state index is -0.968. The number of anilines is 1. The molecule has 0 spiro atoms. The number of hydrogen-bond acceptors (Lipinski definition) is 4. The minimum absolute atomic E-state index is 0.258. The maximum absolute atomic E-state index is 13.5. The van der Waals surface area contributed by atoms with Crippen LogP contribution in [-0.4, -0.2) is 24.5 Å². The Kier molecular flexibility index (Phi) is 7.28. The molecule has 0 aromatic heterocycles. The fourth-order valence-electron chi connectivity index (χ4n) is 2.32. The van der Waals surface area contributed by atoms with E-state index in [2.05, 4.69) is 10.6 Å². The molecule has 10 heteroatoms. The van der Waals surface area contributed by atoms with E-state index in [-0.39, 0.29) is 12.1 Å². The Morgan fingerprint density at radius 3 is 2.50 bits per heavy atom. The SMILES string of the molecule is NC(=O)N[C@H](CC(=O)OCC(=O)Nc1ccc(F)cc1F)c1ccccc1Cl. The second-order valence-electron chi connectivity index (χ2n) is 5.62. The summed E-state index contributed by atoms with van der Waals surface area (Å²) in [4.78, 5) is 35.0. The molecule has 7 nitrogen and oxygen atoms in total. The molecule has 0 bridgehead atoms. The standard InChI is InChI=1S/C18H16ClF2N3O4/c19-12-4-2-1-3-11(12)15(24-18(22)27)8-17(26)28-9-16(25)23-14-6-5-10(20)7-13(14)21/h1-7,15H,8-9H2,(H,23,25)(H3,22,24,27)/t15-/m1/s1. The van der Waals surface area contributed by atoms with Crippen LogP contribution in [0.15, 0.2) is 42.5 Å². The van der Waals surface area contributed by atoms with Crippen molar-refractivity contribution in [1.29, 1.82) is 0 Å². The zero-order valence-corrected chi connectivity index (χ0v) is 15.1. The van der Waals surface area contributed by atoms with E-state index in [9.17, 15) is 23.2 Å². The van der Waals surface area contributed by atoms with E-state index in [4.69, 9.17) is 22.1 Å². The molecule has 1 atom stereocenters. The highest BCUT2D eigenvalue weighted by Crippen LogP contribution is 2.25. The summed E-state index contributed by atoms with van der Waals surface area (Å²) in [6, 6.07) is 7.37. The van der Waals surface area contributed by atoms with Gasteiger partial charge in [-0.1, -0.05) is 29.8 Å². The molecule has 0 aliphatic rings. The number of carbonyl (C=O) groups is 3. The van der Waals surface area contributed by atoms with Gasteiger partial charge in [-0.3, -0.25) is 9.59 Å². The monoisotopic (exact) mass is 411 g/mol.